The zero-order valence-corrected chi connectivity index (χ0v) is 30.8. The number of fused-ring (bicyclic) bond motifs is 11. The van der Waals surface area contributed by atoms with E-state index in [1.807, 2.05) is 0 Å². The number of benzene rings is 2. The van der Waals surface area contributed by atoms with Gasteiger partial charge in [-0.15, -0.1) is 23.5 Å². The summed E-state index contributed by atoms with van der Waals surface area (Å²) >= 11 is 4.33. The van der Waals surface area contributed by atoms with Crippen LogP contribution in [-0.4, -0.2) is 26.9 Å². The van der Waals surface area contributed by atoms with E-state index in [2.05, 4.69) is 185 Å². The Hall–Kier alpha value is -4.38. The van der Waals surface area contributed by atoms with Gasteiger partial charge in [-0.2, -0.15) is 0 Å². The van der Waals surface area contributed by atoms with Crippen LogP contribution in [0, 0.1) is 11.8 Å². The molecule has 0 amide bonds. The Morgan fingerprint density at radius 2 is 1.63 bits per heavy atom. The summed E-state index contributed by atoms with van der Waals surface area (Å²) < 4.78 is 2.61. The molecule has 8 aliphatic rings. The summed E-state index contributed by atoms with van der Waals surface area (Å²) in [6.07, 6.45) is 45.3. The lowest BCUT2D eigenvalue weighted by Crippen LogP contribution is -2.57. The quantitative estimate of drug-likeness (QED) is 0.292. The van der Waals surface area contributed by atoms with Crippen LogP contribution in [0.5, 0.6) is 0 Å². The summed E-state index contributed by atoms with van der Waals surface area (Å²) in [6, 6.07) is 18.5. The summed E-state index contributed by atoms with van der Waals surface area (Å²) in [6.45, 7) is 0.890. The molecule has 11 rings (SSSR count). The average molecular weight is 711 g/mol. The molecule has 52 heavy (non-hydrogen) atoms. The fraction of sp³-hybridized carbons (Fsp3) is 0.250. The maximum atomic E-state index is 3.64. The summed E-state index contributed by atoms with van der Waals surface area (Å²) in [5.41, 5.74) is 14.2. The van der Waals surface area contributed by atoms with Crippen molar-refractivity contribution in [3.8, 4) is 5.69 Å². The smallest absolute Gasteiger partial charge is 0.0455 e. The van der Waals surface area contributed by atoms with Gasteiger partial charge in [0.15, 0.2) is 0 Å². The normalized spacial score (nSPS) is 31.3. The standard InChI is InChI=1S/C48H42N2S2/c1-2-13-33(14-3-1)50-42-21-7-4-15-35(42)36-26-24-31(29-43(36)50)34-16-12-19-40-47(34)52-45-23-9-6-18-38(45)48(40)37-17-5-8-22-44(37)51-46-30-32(25-27-39(46)48)41-20-10-11-28-49-41/h1-6,8-20,22,24-27,30-31,37,39,44-46,49H,7,21,23,28-29H2. The maximum absolute atomic E-state index is 3.64. The Morgan fingerprint density at radius 3 is 2.56 bits per heavy atom. The Morgan fingerprint density at radius 1 is 0.750 bits per heavy atom. The molecule has 1 aromatic heterocycles. The minimum atomic E-state index is -0.127. The lowest BCUT2D eigenvalue weighted by atomic mass is 9.53. The monoisotopic (exact) mass is 710 g/mol. The van der Waals surface area contributed by atoms with Crippen molar-refractivity contribution in [1.82, 2.24) is 9.88 Å². The van der Waals surface area contributed by atoms with E-state index in [1.165, 1.54) is 49.9 Å². The molecule has 2 nitrogen and oxygen atoms in total. The first-order valence-corrected chi connectivity index (χ1v) is 21.0. The number of aromatic nitrogens is 1. The van der Waals surface area contributed by atoms with Gasteiger partial charge in [-0.1, -0.05) is 134 Å². The summed E-state index contributed by atoms with van der Waals surface area (Å²) in [5.74, 6) is 1.06. The van der Waals surface area contributed by atoms with Crippen molar-refractivity contribution in [3.63, 3.8) is 0 Å². The van der Waals surface area contributed by atoms with Gasteiger partial charge in [-0.3, -0.25) is 0 Å². The summed E-state index contributed by atoms with van der Waals surface area (Å²) in [4.78, 5) is 1.54. The molecule has 0 radical (unpaired) electrons. The van der Waals surface area contributed by atoms with Gasteiger partial charge in [-0.05, 0) is 66.2 Å². The molecule has 1 N–H and O–H groups in total. The zero-order chi connectivity index (χ0) is 34.2. The van der Waals surface area contributed by atoms with Crippen molar-refractivity contribution in [2.75, 3.05) is 6.54 Å². The lowest BCUT2D eigenvalue weighted by Gasteiger charge is -2.59. The third-order valence-corrected chi connectivity index (χ3v) is 15.6. The molecule has 1 saturated heterocycles. The fourth-order valence-corrected chi connectivity index (χ4v) is 13.9. The lowest BCUT2D eigenvalue weighted by molar-refractivity contribution is 0.263. The maximum Gasteiger partial charge on any atom is 0.0455 e. The molecule has 4 heterocycles. The van der Waals surface area contributed by atoms with Crippen LogP contribution in [0.1, 0.15) is 52.4 Å². The summed E-state index contributed by atoms with van der Waals surface area (Å²) in [7, 11) is 0. The molecule has 0 saturated carbocycles. The van der Waals surface area contributed by atoms with Crippen LogP contribution in [-0.2, 0) is 18.3 Å². The molecule has 7 atom stereocenters. The van der Waals surface area contributed by atoms with Crippen molar-refractivity contribution in [3.05, 3.63) is 190 Å². The van der Waals surface area contributed by atoms with E-state index < -0.39 is 0 Å². The number of thioether (sulfide) groups is 2. The van der Waals surface area contributed by atoms with E-state index in [4.69, 9.17) is 0 Å². The number of dihydropyridines is 1. The molecule has 0 bridgehead atoms. The number of hydrogen-bond acceptors (Lipinski definition) is 3. The second kappa shape index (κ2) is 12.4. The Labute approximate surface area is 315 Å². The molecule has 7 unspecified atom stereocenters. The third kappa shape index (κ3) is 4.59. The number of allylic oxidation sites excluding steroid dienone is 12. The molecule has 3 aromatic rings. The van der Waals surface area contributed by atoms with E-state index in [0.717, 1.165) is 32.2 Å². The van der Waals surface area contributed by atoms with Crippen molar-refractivity contribution in [2.24, 2.45) is 11.8 Å². The first kappa shape index (κ1) is 31.2. The van der Waals surface area contributed by atoms with Crippen LogP contribution in [0.15, 0.2) is 161 Å². The highest BCUT2D eigenvalue weighted by molar-refractivity contribution is 8.01. The van der Waals surface area contributed by atoms with Crippen LogP contribution in [0.2, 0.25) is 0 Å². The van der Waals surface area contributed by atoms with Crippen molar-refractivity contribution < 1.29 is 0 Å². The van der Waals surface area contributed by atoms with Crippen molar-refractivity contribution in [2.45, 2.75) is 57.7 Å². The largest absolute Gasteiger partial charge is 0.381 e. The number of rotatable bonds is 3. The topological polar surface area (TPSA) is 17.0 Å². The second-order valence-corrected chi connectivity index (χ2v) is 17.8. The van der Waals surface area contributed by atoms with Gasteiger partial charge in [0.1, 0.15) is 0 Å². The minimum Gasteiger partial charge on any atom is -0.381 e. The Balaban J connectivity index is 1.08. The van der Waals surface area contributed by atoms with Crippen LogP contribution < -0.4 is 5.32 Å². The highest BCUT2D eigenvalue weighted by Crippen LogP contribution is 2.66. The fourth-order valence-electron chi connectivity index (χ4n) is 10.6. The van der Waals surface area contributed by atoms with Gasteiger partial charge in [0.25, 0.3) is 0 Å². The number of nitrogens with zero attached hydrogens (tertiary/aromatic N) is 1. The van der Waals surface area contributed by atoms with Gasteiger partial charge < -0.3 is 9.88 Å². The van der Waals surface area contributed by atoms with Gasteiger partial charge in [0.05, 0.1) is 0 Å². The number of nitrogens with one attached hydrogen (secondary N) is 1. The Kier molecular flexibility index (Phi) is 7.41. The van der Waals surface area contributed by atoms with E-state index in [1.54, 1.807) is 11.1 Å². The molecule has 1 fully saturated rings. The van der Waals surface area contributed by atoms with Crippen LogP contribution in [0.4, 0.5) is 0 Å². The number of para-hydroxylation sites is 1. The van der Waals surface area contributed by atoms with Gasteiger partial charge in [0.2, 0.25) is 0 Å². The molecule has 3 aliphatic heterocycles. The number of hydrogen-bond donors (Lipinski definition) is 1. The SMILES string of the molecule is C1=CCNC(C2=CC3SC4C=CC=CC4C4(C5=CC=CCC5Sc5c(C6C=Cc7c8c(n(-c9ccccc9)c7C6)CCC=C8)cccc54)C3C=C2)=C1. The zero-order valence-electron chi connectivity index (χ0n) is 29.2. The van der Waals surface area contributed by atoms with E-state index in [9.17, 15) is 0 Å². The van der Waals surface area contributed by atoms with Gasteiger partial charge in [0, 0.05) is 84.3 Å². The predicted molar refractivity (Wildman–Crippen MR) is 221 cm³/mol. The molecule has 1 spiro atoms. The molecule has 4 heteroatoms. The van der Waals surface area contributed by atoms with Crippen LogP contribution in [0.3, 0.4) is 0 Å². The predicted octanol–water partition coefficient (Wildman–Crippen LogP) is 10.8. The Bertz CT molecular complexity index is 2300. The summed E-state index contributed by atoms with van der Waals surface area (Å²) in [5, 5.41) is 4.87. The van der Waals surface area contributed by atoms with Gasteiger partial charge >= 0.3 is 0 Å². The van der Waals surface area contributed by atoms with E-state index >= 15 is 0 Å². The van der Waals surface area contributed by atoms with E-state index in [-0.39, 0.29) is 5.41 Å². The molecule has 256 valence electrons. The third-order valence-electron chi connectivity index (χ3n) is 12.7. The molecule has 5 aliphatic carbocycles. The van der Waals surface area contributed by atoms with Crippen molar-refractivity contribution >= 4 is 35.7 Å². The highest BCUT2D eigenvalue weighted by Gasteiger charge is 2.60. The van der Waals surface area contributed by atoms with Crippen LogP contribution >= 0.6 is 23.5 Å². The highest BCUT2D eigenvalue weighted by atomic mass is 32.2. The van der Waals surface area contributed by atoms with Crippen LogP contribution in [0.25, 0.3) is 17.8 Å². The minimum absolute atomic E-state index is 0.127. The molecular formula is C48H42N2S2. The van der Waals surface area contributed by atoms with Gasteiger partial charge in [-0.25, -0.2) is 0 Å². The first-order chi connectivity index (χ1) is 25.8. The first-order valence-electron chi connectivity index (χ1n) is 19.1. The average Bonchev–Trinajstić information content (AvgIpc) is 3.54. The van der Waals surface area contributed by atoms with Crippen molar-refractivity contribution in [1.29, 1.82) is 0 Å². The van der Waals surface area contributed by atoms with E-state index in [0.29, 0.717) is 33.5 Å². The molecule has 2 aromatic carbocycles. The second-order valence-electron chi connectivity index (χ2n) is 15.2. The molecular weight excluding hydrogens is 669 g/mol.